The fourth-order valence-electron chi connectivity index (χ4n) is 2.87. The highest BCUT2D eigenvalue weighted by molar-refractivity contribution is 5.81. The molecular weight excluding hydrogens is 399 g/mol. The SMILES string of the molecule is CC(NC(=O)[C@H]1C[C@@H]1COc1ccc(C#N)cc1)c1ccc(OCC(F)(F)F)cn1. The van der Waals surface area contributed by atoms with E-state index in [2.05, 4.69) is 15.0 Å². The summed E-state index contributed by atoms with van der Waals surface area (Å²) in [6, 6.07) is 11.3. The second kappa shape index (κ2) is 9.03. The van der Waals surface area contributed by atoms with Crippen molar-refractivity contribution in [1.82, 2.24) is 10.3 Å². The van der Waals surface area contributed by atoms with Gasteiger partial charge in [0.15, 0.2) is 6.61 Å². The van der Waals surface area contributed by atoms with Gasteiger partial charge in [0.05, 0.1) is 36.2 Å². The van der Waals surface area contributed by atoms with Crippen molar-refractivity contribution in [2.75, 3.05) is 13.2 Å². The maximum Gasteiger partial charge on any atom is 0.422 e. The lowest BCUT2D eigenvalue weighted by molar-refractivity contribution is -0.153. The number of pyridine rings is 1. The van der Waals surface area contributed by atoms with Gasteiger partial charge in [-0.3, -0.25) is 9.78 Å². The first-order valence-corrected chi connectivity index (χ1v) is 9.34. The monoisotopic (exact) mass is 419 g/mol. The molecule has 1 aromatic carbocycles. The van der Waals surface area contributed by atoms with E-state index in [0.717, 1.165) is 0 Å². The molecule has 0 spiro atoms. The maximum atomic E-state index is 12.4. The number of nitriles is 1. The van der Waals surface area contributed by atoms with E-state index in [1.165, 1.54) is 18.3 Å². The van der Waals surface area contributed by atoms with Crippen molar-refractivity contribution in [1.29, 1.82) is 5.26 Å². The summed E-state index contributed by atoms with van der Waals surface area (Å²) in [5.41, 5.74) is 1.07. The second-order valence-corrected chi connectivity index (χ2v) is 7.10. The normalized spacial score (nSPS) is 18.8. The zero-order valence-electron chi connectivity index (χ0n) is 16.1. The molecule has 1 aliphatic rings. The minimum absolute atomic E-state index is 0.0109. The predicted octanol–water partition coefficient (Wildman–Crippen LogP) is 3.79. The summed E-state index contributed by atoms with van der Waals surface area (Å²) < 4.78 is 46.8. The number of alkyl halides is 3. The smallest absolute Gasteiger partial charge is 0.422 e. The highest BCUT2D eigenvalue weighted by Crippen LogP contribution is 2.39. The van der Waals surface area contributed by atoms with E-state index >= 15 is 0 Å². The molecule has 3 atom stereocenters. The van der Waals surface area contributed by atoms with Gasteiger partial charge in [0, 0.05) is 11.8 Å². The van der Waals surface area contributed by atoms with E-state index in [1.807, 2.05) is 6.07 Å². The van der Waals surface area contributed by atoms with Gasteiger partial charge in [-0.15, -0.1) is 0 Å². The Hall–Kier alpha value is -3.28. The number of ether oxygens (including phenoxy) is 2. The zero-order valence-corrected chi connectivity index (χ0v) is 16.1. The molecular formula is C21H20F3N3O3. The number of halogens is 3. The lowest BCUT2D eigenvalue weighted by atomic mass is 10.2. The Morgan fingerprint density at radius 2 is 1.93 bits per heavy atom. The van der Waals surface area contributed by atoms with Gasteiger partial charge in [0.2, 0.25) is 5.91 Å². The predicted molar refractivity (Wildman–Crippen MR) is 101 cm³/mol. The topological polar surface area (TPSA) is 84.2 Å². The Balaban J connectivity index is 1.43. The van der Waals surface area contributed by atoms with Gasteiger partial charge in [-0.25, -0.2) is 0 Å². The number of benzene rings is 1. The number of carbonyl (C=O) groups is 1. The van der Waals surface area contributed by atoms with E-state index < -0.39 is 18.8 Å². The molecule has 1 amide bonds. The third kappa shape index (κ3) is 6.11. The van der Waals surface area contributed by atoms with Gasteiger partial charge in [-0.05, 0) is 49.7 Å². The van der Waals surface area contributed by atoms with Crippen molar-refractivity contribution >= 4 is 5.91 Å². The summed E-state index contributed by atoms with van der Waals surface area (Å²) in [7, 11) is 0. The molecule has 3 rings (SSSR count). The summed E-state index contributed by atoms with van der Waals surface area (Å²) >= 11 is 0. The van der Waals surface area contributed by atoms with Crippen LogP contribution in [0.4, 0.5) is 13.2 Å². The van der Waals surface area contributed by atoms with Crippen LogP contribution >= 0.6 is 0 Å². The van der Waals surface area contributed by atoms with Gasteiger partial charge < -0.3 is 14.8 Å². The third-order valence-corrected chi connectivity index (χ3v) is 4.67. The average molecular weight is 419 g/mol. The largest absolute Gasteiger partial charge is 0.493 e. The summed E-state index contributed by atoms with van der Waals surface area (Å²) in [4.78, 5) is 16.5. The molecule has 1 unspecified atom stereocenters. The van der Waals surface area contributed by atoms with Gasteiger partial charge in [-0.2, -0.15) is 18.4 Å². The van der Waals surface area contributed by atoms with Gasteiger partial charge in [-0.1, -0.05) is 0 Å². The zero-order chi connectivity index (χ0) is 21.7. The van der Waals surface area contributed by atoms with Gasteiger partial charge in [0.25, 0.3) is 0 Å². The van der Waals surface area contributed by atoms with Gasteiger partial charge in [0.1, 0.15) is 11.5 Å². The van der Waals surface area contributed by atoms with E-state index in [1.54, 1.807) is 31.2 Å². The Morgan fingerprint density at radius 3 is 2.53 bits per heavy atom. The van der Waals surface area contributed by atoms with Crippen molar-refractivity contribution in [3.63, 3.8) is 0 Å². The van der Waals surface area contributed by atoms with E-state index in [-0.39, 0.29) is 23.5 Å². The van der Waals surface area contributed by atoms with Gasteiger partial charge >= 0.3 is 6.18 Å². The van der Waals surface area contributed by atoms with Crippen molar-refractivity contribution in [2.45, 2.75) is 25.6 Å². The minimum atomic E-state index is -4.41. The Morgan fingerprint density at radius 1 is 1.23 bits per heavy atom. The standard InChI is InChI=1S/C21H20F3N3O3/c1-13(19-7-6-17(10-26-19)30-12-21(22,23)24)27-20(28)18-8-15(18)11-29-16-4-2-14(9-25)3-5-16/h2-7,10,13,15,18H,8,11-12H2,1H3,(H,27,28)/t13?,15-,18+/m1/s1. The summed E-state index contributed by atoms with van der Waals surface area (Å²) in [5, 5.41) is 11.6. The number of nitrogens with one attached hydrogen (secondary N) is 1. The van der Waals surface area contributed by atoms with Crippen LogP contribution in [-0.2, 0) is 4.79 Å². The number of rotatable bonds is 8. The molecule has 1 aliphatic carbocycles. The van der Waals surface area contributed by atoms with E-state index in [4.69, 9.17) is 10.00 Å². The molecule has 9 heteroatoms. The molecule has 1 saturated carbocycles. The summed E-state index contributed by atoms with van der Waals surface area (Å²) in [6.45, 7) is 0.775. The first-order valence-electron chi connectivity index (χ1n) is 9.34. The minimum Gasteiger partial charge on any atom is -0.493 e. The van der Waals surface area contributed by atoms with Crippen molar-refractivity contribution in [2.24, 2.45) is 11.8 Å². The fraction of sp³-hybridized carbons (Fsp3) is 0.381. The highest BCUT2D eigenvalue weighted by atomic mass is 19.4. The summed E-state index contributed by atoms with van der Waals surface area (Å²) in [5.74, 6) is 0.497. The number of amides is 1. The molecule has 1 fully saturated rings. The number of carbonyl (C=O) groups excluding carboxylic acids is 1. The van der Waals surface area contributed by atoms with Crippen LogP contribution in [0.15, 0.2) is 42.6 Å². The molecule has 0 saturated heterocycles. The van der Waals surface area contributed by atoms with E-state index in [0.29, 0.717) is 30.0 Å². The summed E-state index contributed by atoms with van der Waals surface area (Å²) in [6.07, 6.45) is -2.49. The van der Waals surface area contributed by atoms with Crippen molar-refractivity contribution in [3.05, 3.63) is 53.9 Å². The molecule has 2 aromatic rings. The molecule has 158 valence electrons. The molecule has 1 N–H and O–H groups in total. The number of aromatic nitrogens is 1. The maximum absolute atomic E-state index is 12.4. The highest BCUT2D eigenvalue weighted by Gasteiger charge is 2.43. The lowest BCUT2D eigenvalue weighted by Crippen LogP contribution is -2.29. The second-order valence-electron chi connectivity index (χ2n) is 7.10. The van der Waals surface area contributed by atoms with Crippen LogP contribution < -0.4 is 14.8 Å². The average Bonchev–Trinajstić information content (AvgIpc) is 3.51. The molecule has 30 heavy (non-hydrogen) atoms. The molecule has 0 radical (unpaired) electrons. The van der Waals surface area contributed by atoms with Crippen LogP contribution in [0, 0.1) is 23.2 Å². The van der Waals surface area contributed by atoms with E-state index in [9.17, 15) is 18.0 Å². The van der Waals surface area contributed by atoms with Crippen LogP contribution in [-0.4, -0.2) is 30.3 Å². The molecule has 1 aromatic heterocycles. The number of nitrogens with zero attached hydrogens (tertiary/aromatic N) is 2. The van der Waals surface area contributed by atoms with Crippen molar-refractivity contribution < 1.29 is 27.4 Å². The fourth-order valence-corrected chi connectivity index (χ4v) is 2.87. The Bertz CT molecular complexity index is 908. The van der Waals surface area contributed by atoms with Crippen LogP contribution in [0.5, 0.6) is 11.5 Å². The number of hydrogen-bond acceptors (Lipinski definition) is 5. The first-order chi connectivity index (χ1) is 14.2. The Kier molecular flexibility index (Phi) is 6.45. The van der Waals surface area contributed by atoms with Crippen LogP contribution in [0.25, 0.3) is 0 Å². The molecule has 0 bridgehead atoms. The third-order valence-electron chi connectivity index (χ3n) is 4.67. The lowest BCUT2D eigenvalue weighted by Gasteiger charge is -2.14. The molecule has 0 aliphatic heterocycles. The molecule has 6 nitrogen and oxygen atoms in total. The van der Waals surface area contributed by atoms with Crippen LogP contribution in [0.2, 0.25) is 0 Å². The first kappa shape index (κ1) is 21.4. The number of hydrogen-bond donors (Lipinski definition) is 1. The Labute approximate surface area is 171 Å². The van der Waals surface area contributed by atoms with Crippen LogP contribution in [0.3, 0.4) is 0 Å². The van der Waals surface area contributed by atoms with Crippen molar-refractivity contribution in [3.8, 4) is 17.6 Å². The molecule has 1 heterocycles. The van der Waals surface area contributed by atoms with Crippen LogP contribution in [0.1, 0.15) is 30.6 Å². The quantitative estimate of drug-likeness (QED) is 0.704.